The van der Waals surface area contributed by atoms with E-state index in [9.17, 15) is 9.59 Å². The lowest BCUT2D eigenvalue weighted by Crippen LogP contribution is -2.69. The summed E-state index contributed by atoms with van der Waals surface area (Å²) in [6, 6.07) is -0.653. The molecule has 3 N–H and O–H groups in total. The Morgan fingerprint density at radius 2 is 2.29 bits per heavy atom. The number of aliphatic carboxylic acids is 1. The number of hydrogen-bond donors (Lipinski definition) is 2. The van der Waals surface area contributed by atoms with E-state index < -0.39 is 12.0 Å². The van der Waals surface area contributed by atoms with Gasteiger partial charge >= 0.3 is 5.97 Å². The first kappa shape index (κ1) is 9.67. The van der Waals surface area contributed by atoms with Crippen molar-refractivity contribution in [2.24, 2.45) is 5.73 Å². The average molecular weight is 261 g/mol. The van der Waals surface area contributed by atoms with Crippen LogP contribution in [0.2, 0.25) is 0 Å². The summed E-state index contributed by atoms with van der Waals surface area (Å²) in [6.07, 6.45) is 1.36. The second kappa shape index (κ2) is 3.06. The predicted octanol–water partition coefficient (Wildman–Crippen LogP) is 0.00940. The monoisotopic (exact) mass is 260 g/mol. The fraction of sp³-hybridized carbons (Fsp3) is 0.500. The lowest BCUT2D eigenvalue weighted by Gasteiger charge is -2.48. The first-order valence-electron chi connectivity index (χ1n) is 4.24. The minimum absolute atomic E-state index is 0.0490. The maximum absolute atomic E-state index is 11.3. The molecule has 0 aromatic carbocycles. The van der Waals surface area contributed by atoms with Gasteiger partial charge in [-0.3, -0.25) is 9.69 Å². The third-order valence-corrected chi connectivity index (χ3v) is 3.40. The Morgan fingerprint density at radius 3 is 2.86 bits per heavy atom. The molecule has 0 bridgehead atoms. The standard InChI is InChI=1S/C8H9BrN2O3/c9-3-1-2-4-5(10)7(12)11(4)6(3)8(13)14/h4-5H,1-2,10H2,(H,13,14). The van der Waals surface area contributed by atoms with Gasteiger partial charge in [0.15, 0.2) is 0 Å². The van der Waals surface area contributed by atoms with Crippen LogP contribution < -0.4 is 5.73 Å². The van der Waals surface area contributed by atoms with Crippen molar-refractivity contribution in [3.05, 3.63) is 10.2 Å². The van der Waals surface area contributed by atoms with Crippen molar-refractivity contribution in [3.63, 3.8) is 0 Å². The Hall–Kier alpha value is -0.880. The summed E-state index contributed by atoms with van der Waals surface area (Å²) in [5, 5.41) is 8.91. The number of carbonyl (C=O) groups is 2. The molecule has 1 fully saturated rings. The van der Waals surface area contributed by atoms with Crippen LogP contribution in [0.15, 0.2) is 10.2 Å². The topological polar surface area (TPSA) is 83.6 Å². The van der Waals surface area contributed by atoms with Gasteiger partial charge in [0.1, 0.15) is 11.7 Å². The van der Waals surface area contributed by atoms with Gasteiger partial charge in [0.25, 0.3) is 0 Å². The summed E-state index contributed by atoms with van der Waals surface area (Å²) in [4.78, 5) is 23.5. The fourth-order valence-electron chi connectivity index (χ4n) is 1.89. The van der Waals surface area contributed by atoms with E-state index >= 15 is 0 Å². The number of carboxylic acid groups (broad SMARTS) is 1. The second-order valence-corrected chi connectivity index (χ2v) is 4.36. The third kappa shape index (κ3) is 1.10. The van der Waals surface area contributed by atoms with E-state index in [1.54, 1.807) is 0 Å². The number of rotatable bonds is 1. The largest absolute Gasteiger partial charge is 0.477 e. The highest BCUT2D eigenvalue weighted by molar-refractivity contribution is 9.11. The van der Waals surface area contributed by atoms with Crippen LogP contribution in [0, 0.1) is 0 Å². The molecule has 2 aliphatic rings. The molecule has 2 aliphatic heterocycles. The maximum atomic E-state index is 11.3. The van der Waals surface area contributed by atoms with Gasteiger partial charge in [-0.15, -0.1) is 0 Å². The van der Waals surface area contributed by atoms with Crippen molar-refractivity contribution >= 4 is 27.8 Å². The van der Waals surface area contributed by atoms with Gasteiger partial charge in [-0.25, -0.2) is 4.79 Å². The van der Waals surface area contributed by atoms with Crippen molar-refractivity contribution in [1.29, 1.82) is 0 Å². The summed E-state index contributed by atoms with van der Waals surface area (Å²) in [6.45, 7) is 0. The Balaban J connectivity index is 2.37. The van der Waals surface area contributed by atoms with Crippen LogP contribution in [-0.2, 0) is 9.59 Å². The molecule has 2 heterocycles. The van der Waals surface area contributed by atoms with Crippen LogP contribution in [0.3, 0.4) is 0 Å². The number of allylic oxidation sites excluding steroid dienone is 1. The molecule has 1 saturated heterocycles. The number of carbonyl (C=O) groups excluding carboxylic acids is 1. The molecule has 0 aromatic rings. The number of amides is 1. The molecular weight excluding hydrogens is 252 g/mol. The number of nitrogens with two attached hydrogens (primary N) is 1. The van der Waals surface area contributed by atoms with Gasteiger partial charge in [0.05, 0.1) is 6.04 Å². The lowest BCUT2D eigenvalue weighted by molar-refractivity contribution is -0.152. The van der Waals surface area contributed by atoms with Crippen LogP contribution in [0.1, 0.15) is 12.8 Å². The quantitative estimate of drug-likeness (QED) is 0.651. The van der Waals surface area contributed by atoms with Crippen LogP contribution in [-0.4, -0.2) is 34.0 Å². The number of β-lactam (4-membered cyclic amide) rings is 1. The molecule has 2 unspecified atom stereocenters. The van der Waals surface area contributed by atoms with Crippen LogP contribution in [0.4, 0.5) is 0 Å². The van der Waals surface area contributed by atoms with Gasteiger partial charge in [-0.1, -0.05) is 15.9 Å². The van der Waals surface area contributed by atoms with E-state index in [0.717, 1.165) is 6.42 Å². The van der Waals surface area contributed by atoms with E-state index in [-0.39, 0.29) is 17.6 Å². The molecular formula is C8H9BrN2O3. The highest BCUT2D eigenvalue weighted by Crippen LogP contribution is 2.37. The molecule has 0 saturated carbocycles. The van der Waals surface area contributed by atoms with Crippen LogP contribution >= 0.6 is 15.9 Å². The molecule has 76 valence electrons. The summed E-state index contributed by atoms with van der Waals surface area (Å²) >= 11 is 3.17. The Labute approximate surface area is 88.7 Å². The molecule has 6 heteroatoms. The van der Waals surface area contributed by atoms with Gasteiger partial charge in [0.2, 0.25) is 5.91 Å². The first-order chi connectivity index (χ1) is 6.54. The molecule has 2 rings (SSSR count). The van der Waals surface area contributed by atoms with Gasteiger partial charge in [-0.2, -0.15) is 0 Å². The molecule has 0 spiro atoms. The van der Waals surface area contributed by atoms with Crippen LogP contribution in [0.25, 0.3) is 0 Å². The van der Waals surface area contributed by atoms with Gasteiger partial charge in [0, 0.05) is 4.48 Å². The molecule has 0 radical (unpaired) electrons. The van der Waals surface area contributed by atoms with E-state index in [1.807, 2.05) is 0 Å². The highest BCUT2D eigenvalue weighted by atomic mass is 79.9. The lowest BCUT2D eigenvalue weighted by atomic mass is 9.87. The Bertz CT molecular complexity index is 352. The molecule has 0 aliphatic carbocycles. The van der Waals surface area contributed by atoms with Crippen LogP contribution in [0.5, 0.6) is 0 Å². The zero-order chi connectivity index (χ0) is 10.5. The van der Waals surface area contributed by atoms with Crippen molar-refractivity contribution < 1.29 is 14.7 Å². The SMILES string of the molecule is NC1C(=O)N2C(C(=O)O)=C(Br)CCC12. The molecule has 0 aromatic heterocycles. The molecule has 14 heavy (non-hydrogen) atoms. The number of halogens is 1. The number of hydrogen-bond acceptors (Lipinski definition) is 3. The van der Waals surface area contributed by atoms with Crippen molar-refractivity contribution in [2.45, 2.75) is 24.9 Å². The smallest absolute Gasteiger partial charge is 0.353 e. The fourth-order valence-corrected chi connectivity index (χ4v) is 2.48. The predicted molar refractivity (Wildman–Crippen MR) is 51.4 cm³/mol. The summed E-state index contributed by atoms with van der Waals surface area (Å²) in [5.74, 6) is -1.38. The second-order valence-electron chi connectivity index (χ2n) is 3.40. The molecule has 2 atom stereocenters. The number of fused-ring (bicyclic) bond motifs is 1. The van der Waals surface area contributed by atoms with Gasteiger partial charge in [-0.05, 0) is 12.8 Å². The summed E-state index contributed by atoms with van der Waals surface area (Å²) in [5.41, 5.74) is 5.61. The minimum atomic E-state index is -1.08. The van der Waals surface area contributed by atoms with E-state index in [2.05, 4.69) is 15.9 Å². The number of nitrogens with zero attached hydrogens (tertiary/aromatic N) is 1. The zero-order valence-corrected chi connectivity index (χ0v) is 8.82. The zero-order valence-electron chi connectivity index (χ0n) is 7.24. The summed E-state index contributed by atoms with van der Waals surface area (Å²) in [7, 11) is 0. The molecule has 5 nitrogen and oxygen atoms in total. The molecule has 1 amide bonds. The third-order valence-electron chi connectivity index (χ3n) is 2.63. The van der Waals surface area contributed by atoms with Crippen molar-refractivity contribution in [1.82, 2.24) is 4.90 Å². The van der Waals surface area contributed by atoms with Crippen molar-refractivity contribution in [2.75, 3.05) is 0 Å². The normalized spacial score (nSPS) is 31.3. The Kier molecular flexibility index (Phi) is 2.11. The average Bonchev–Trinajstić information content (AvgIpc) is 2.15. The highest BCUT2D eigenvalue weighted by Gasteiger charge is 2.50. The van der Waals surface area contributed by atoms with Crippen molar-refractivity contribution in [3.8, 4) is 0 Å². The minimum Gasteiger partial charge on any atom is -0.477 e. The Morgan fingerprint density at radius 1 is 1.64 bits per heavy atom. The van der Waals surface area contributed by atoms with E-state index in [0.29, 0.717) is 10.9 Å². The number of carboxylic acids is 1. The maximum Gasteiger partial charge on any atom is 0.353 e. The van der Waals surface area contributed by atoms with E-state index in [4.69, 9.17) is 10.8 Å². The van der Waals surface area contributed by atoms with Gasteiger partial charge < -0.3 is 10.8 Å². The first-order valence-corrected chi connectivity index (χ1v) is 5.04. The summed E-state index contributed by atoms with van der Waals surface area (Å²) < 4.78 is 0.571. The van der Waals surface area contributed by atoms with E-state index in [1.165, 1.54) is 4.90 Å².